The van der Waals surface area contributed by atoms with Gasteiger partial charge in [-0.15, -0.1) is 0 Å². The molecule has 0 radical (unpaired) electrons. The van der Waals surface area contributed by atoms with Gasteiger partial charge >= 0.3 is 0 Å². The van der Waals surface area contributed by atoms with E-state index in [0.29, 0.717) is 17.9 Å². The molecule has 1 fully saturated rings. The lowest BCUT2D eigenvalue weighted by Gasteiger charge is -2.35. The predicted molar refractivity (Wildman–Crippen MR) is 83.8 cm³/mol. The molecule has 118 valence electrons. The fourth-order valence-electron chi connectivity index (χ4n) is 2.85. The van der Waals surface area contributed by atoms with Crippen LogP contribution in [0.4, 0.5) is 11.4 Å². The zero-order valence-electron chi connectivity index (χ0n) is 12.5. The van der Waals surface area contributed by atoms with Gasteiger partial charge in [0.2, 0.25) is 10.0 Å². The van der Waals surface area contributed by atoms with Gasteiger partial charge in [-0.25, -0.2) is 13.6 Å². The number of benzene rings is 1. The summed E-state index contributed by atoms with van der Waals surface area (Å²) in [6, 6.07) is 3.22. The van der Waals surface area contributed by atoms with Gasteiger partial charge in [-0.2, -0.15) is 0 Å². The Morgan fingerprint density at radius 3 is 2.76 bits per heavy atom. The third-order valence-corrected chi connectivity index (χ3v) is 4.82. The van der Waals surface area contributed by atoms with Gasteiger partial charge in [0.05, 0.1) is 11.0 Å². The fraction of sp³-hybridized carbons (Fsp3) is 0.571. The topological polar surface area (TPSA) is 98.7 Å². The summed E-state index contributed by atoms with van der Waals surface area (Å²) >= 11 is 0. The van der Waals surface area contributed by atoms with Crippen LogP contribution < -0.4 is 15.8 Å². The average molecular weight is 313 g/mol. The Hall–Kier alpha value is -1.31. The van der Waals surface area contributed by atoms with Crippen molar-refractivity contribution in [3.63, 3.8) is 0 Å². The van der Waals surface area contributed by atoms with Crippen molar-refractivity contribution in [3.05, 3.63) is 17.7 Å². The van der Waals surface area contributed by atoms with E-state index in [1.54, 1.807) is 13.0 Å². The Kier molecular flexibility index (Phi) is 4.75. The highest BCUT2D eigenvalue weighted by atomic mass is 32.2. The first kappa shape index (κ1) is 16.1. The van der Waals surface area contributed by atoms with Crippen LogP contribution in [0.3, 0.4) is 0 Å². The van der Waals surface area contributed by atoms with E-state index in [2.05, 4.69) is 4.90 Å². The first-order valence-electron chi connectivity index (χ1n) is 7.12. The highest BCUT2D eigenvalue weighted by molar-refractivity contribution is 7.89. The van der Waals surface area contributed by atoms with E-state index >= 15 is 0 Å². The number of sulfonamides is 1. The minimum Gasteiger partial charge on any atom is -0.399 e. The number of primary sulfonamides is 1. The van der Waals surface area contributed by atoms with Crippen molar-refractivity contribution in [2.75, 3.05) is 30.3 Å². The molecule has 21 heavy (non-hydrogen) atoms. The molecular formula is C14H23N3O3S. The van der Waals surface area contributed by atoms with E-state index in [-0.39, 0.29) is 11.0 Å². The van der Waals surface area contributed by atoms with Crippen molar-refractivity contribution in [1.29, 1.82) is 0 Å². The molecule has 1 aromatic rings. The molecule has 1 unspecified atom stereocenters. The van der Waals surface area contributed by atoms with Crippen LogP contribution in [-0.2, 0) is 14.8 Å². The molecule has 1 atom stereocenters. The van der Waals surface area contributed by atoms with Crippen molar-refractivity contribution in [2.45, 2.75) is 37.7 Å². The predicted octanol–water partition coefficient (Wildman–Crippen LogP) is 1.23. The second-order valence-corrected chi connectivity index (χ2v) is 6.90. The zero-order chi connectivity index (χ0) is 15.6. The summed E-state index contributed by atoms with van der Waals surface area (Å²) < 4.78 is 29.1. The minimum atomic E-state index is -3.78. The van der Waals surface area contributed by atoms with E-state index in [1.165, 1.54) is 6.07 Å². The molecular weight excluding hydrogens is 290 g/mol. The van der Waals surface area contributed by atoms with Gasteiger partial charge in [0.1, 0.15) is 0 Å². The van der Waals surface area contributed by atoms with Gasteiger partial charge in [-0.05, 0) is 44.4 Å². The smallest absolute Gasteiger partial charge is 0.238 e. The van der Waals surface area contributed by atoms with Gasteiger partial charge in [-0.1, -0.05) is 0 Å². The van der Waals surface area contributed by atoms with Gasteiger partial charge in [-0.3, -0.25) is 0 Å². The van der Waals surface area contributed by atoms with Crippen molar-refractivity contribution in [1.82, 2.24) is 0 Å². The molecule has 4 N–H and O–H groups in total. The first-order valence-corrected chi connectivity index (χ1v) is 8.67. The summed E-state index contributed by atoms with van der Waals surface area (Å²) in [5.41, 5.74) is 7.71. The quantitative estimate of drug-likeness (QED) is 0.815. The molecule has 0 bridgehead atoms. The van der Waals surface area contributed by atoms with Crippen LogP contribution in [0.1, 0.15) is 25.3 Å². The Labute approximate surface area is 126 Å². The summed E-state index contributed by atoms with van der Waals surface area (Å²) in [5, 5.41) is 5.27. The number of nitrogens with zero attached hydrogens (tertiary/aromatic N) is 1. The Morgan fingerprint density at radius 1 is 1.43 bits per heavy atom. The Bertz CT molecular complexity index is 614. The van der Waals surface area contributed by atoms with Crippen molar-refractivity contribution in [3.8, 4) is 0 Å². The van der Waals surface area contributed by atoms with E-state index < -0.39 is 10.0 Å². The Balaban J connectivity index is 2.37. The molecule has 0 saturated carbocycles. The minimum absolute atomic E-state index is 0.0935. The molecule has 1 heterocycles. The highest BCUT2D eigenvalue weighted by Crippen LogP contribution is 2.31. The molecule has 0 spiro atoms. The van der Waals surface area contributed by atoms with Crippen LogP contribution >= 0.6 is 0 Å². The lowest BCUT2D eigenvalue weighted by atomic mass is 10.0. The maximum atomic E-state index is 11.7. The number of rotatable bonds is 4. The van der Waals surface area contributed by atoms with Crippen LogP contribution in [0.15, 0.2) is 17.0 Å². The SMILES string of the molecule is CCOC1CCCN(c2cc(N)cc(S(N)(=O)=O)c2C)C1. The molecule has 2 rings (SSSR count). The second kappa shape index (κ2) is 6.21. The molecule has 1 aliphatic rings. The number of nitrogens with two attached hydrogens (primary N) is 2. The maximum Gasteiger partial charge on any atom is 0.238 e. The summed E-state index contributed by atoms with van der Waals surface area (Å²) in [6.45, 7) is 6.01. The number of piperidine rings is 1. The number of hydrogen-bond acceptors (Lipinski definition) is 5. The standard InChI is InChI=1S/C14H23N3O3S/c1-3-20-12-5-4-6-17(9-12)13-7-11(15)8-14(10(13)2)21(16,18)19/h7-8,12H,3-6,9,15H2,1-2H3,(H2,16,18,19). The molecule has 6 nitrogen and oxygen atoms in total. The van der Waals surface area contributed by atoms with Gasteiger partial charge in [0, 0.05) is 31.1 Å². The van der Waals surface area contributed by atoms with Crippen LogP contribution in [0.2, 0.25) is 0 Å². The molecule has 1 aromatic carbocycles. The van der Waals surface area contributed by atoms with E-state index in [9.17, 15) is 8.42 Å². The molecule has 7 heteroatoms. The lowest BCUT2D eigenvalue weighted by molar-refractivity contribution is 0.0526. The zero-order valence-corrected chi connectivity index (χ0v) is 13.3. The molecule has 1 saturated heterocycles. The van der Waals surface area contributed by atoms with Gasteiger partial charge < -0.3 is 15.4 Å². The van der Waals surface area contributed by atoms with Crippen molar-refractivity contribution < 1.29 is 13.2 Å². The fourth-order valence-corrected chi connectivity index (χ4v) is 3.68. The third kappa shape index (κ3) is 3.66. The maximum absolute atomic E-state index is 11.7. The molecule has 0 aromatic heterocycles. The highest BCUT2D eigenvalue weighted by Gasteiger charge is 2.24. The van der Waals surface area contributed by atoms with Crippen molar-refractivity contribution in [2.24, 2.45) is 5.14 Å². The molecule has 0 aliphatic carbocycles. The van der Waals surface area contributed by atoms with Gasteiger partial charge in [0.15, 0.2) is 0 Å². The summed E-state index contributed by atoms with van der Waals surface area (Å²) in [6.07, 6.45) is 2.19. The molecule has 1 aliphatic heterocycles. The Morgan fingerprint density at radius 2 is 2.14 bits per heavy atom. The monoisotopic (exact) mass is 313 g/mol. The van der Waals surface area contributed by atoms with Crippen molar-refractivity contribution >= 4 is 21.4 Å². The number of ether oxygens (including phenoxy) is 1. The number of nitrogen functional groups attached to an aromatic ring is 1. The van der Waals surface area contributed by atoms with E-state index in [0.717, 1.165) is 31.6 Å². The van der Waals surface area contributed by atoms with Gasteiger partial charge in [0.25, 0.3) is 0 Å². The normalized spacial score (nSPS) is 19.8. The number of anilines is 2. The second-order valence-electron chi connectivity index (χ2n) is 5.37. The van der Waals surface area contributed by atoms with Crippen LogP contribution in [0.25, 0.3) is 0 Å². The van der Waals surface area contributed by atoms with E-state index in [1.807, 2.05) is 6.92 Å². The summed E-state index contributed by atoms with van der Waals surface area (Å²) in [7, 11) is -3.78. The summed E-state index contributed by atoms with van der Waals surface area (Å²) in [5.74, 6) is 0. The average Bonchev–Trinajstić information content (AvgIpc) is 2.40. The van der Waals surface area contributed by atoms with Crippen LogP contribution in [-0.4, -0.2) is 34.2 Å². The number of hydrogen-bond donors (Lipinski definition) is 2. The largest absolute Gasteiger partial charge is 0.399 e. The molecule has 0 amide bonds. The van der Waals surface area contributed by atoms with E-state index in [4.69, 9.17) is 15.6 Å². The van der Waals surface area contributed by atoms with Crippen LogP contribution in [0.5, 0.6) is 0 Å². The summed E-state index contributed by atoms with van der Waals surface area (Å²) in [4.78, 5) is 2.22. The lowest BCUT2D eigenvalue weighted by Crippen LogP contribution is -2.40. The first-order chi connectivity index (χ1) is 9.82. The third-order valence-electron chi connectivity index (χ3n) is 3.78. The van der Waals surface area contributed by atoms with Crippen LogP contribution in [0, 0.1) is 6.92 Å².